The summed E-state index contributed by atoms with van der Waals surface area (Å²) in [6.07, 6.45) is 2.36. The van der Waals surface area contributed by atoms with Crippen LogP contribution in [0, 0.1) is 11.3 Å². The molecule has 9 heteroatoms. The number of hydrogen-bond acceptors (Lipinski definition) is 6. The molecule has 0 saturated carbocycles. The summed E-state index contributed by atoms with van der Waals surface area (Å²) in [5.41, 5.74) is 3.27. The van der Waals surface area contributed by atoms with Gasteiger partial charge in [-0.25, -0.2) is 0 Å². The summed E-state index contributed by atoms with van der Waals surface area (Å²) >= 11 is 0. The number of aromatic nitrogens is 2. The first-order chi connectivity index (χ1) is 16.6. The summed E-state index contributed by atoms with van der Waals surface area (Å²) in [6, 6.07) is 16.5. The zero-order valence-electron chi connectivity index (χ0n) is 19.0. The van der Waals surface area contributed by atoms with E-state index in [1.54, 1.807) is 41.0 Å². The highest BCUT2D eigenvalue weighted by molar-refractivity contribution is 6.15. The maximum absolute atomic E-state index is 13.3. The summed E-state index contributed by atoms with van der Waals surface area (Å²) < 4.78 is 6.62. The Bertz CT molecular complexity index is 1210. The van der Waals surface area contributed by atoms with Gasteiger partial charge in [0.2, 0.25) is 0 Å². The molecule has 0 spiro atoms. The van der Waals surface area contributed by atoms with E-state index in [2.05, 4.69) is 15.7 Å². The summed E-state index contributed by atoms with van der Waals surface area (Å²) in [4.78, 5) is 27.9. The Labute approximate surface area is 197 Å². The number of nitriles is 1. The third-order valence-corrected chi connectivity index (χ3v) is 5.60. The van der Waals surface area contributed by atoms with E-state index in [-0.39, 0.29) is 17.2 Å². The fraction of sp³-hybridized carbons (Fsp3) is 0.280. The maximum atomic E-state index is 13.3. The predicted molar refractivity (Wildman–Crippen MR) is 128 cm³/mol. The van der Waals surface area contributed by atoms with Crippen molar-refractivity contribution < 1.29 is 14.3 Å². The molecule has 0 radical (unpaired) electrons. The van der Waals surface area contributed by atoms with Crippen molar-refractivity contribution in [1.29, 1.82) is 5.26 Å². The molecule has 174 valence electrons. The number of methoxy groups -OCH3 is 1. The molecule has 2 amide bonds. The molecule has 34 heavy (non-hydrogen) atoms. The van der Waals surface area contributed by atoms with Crippen molar-refractivity contribution in [3.8, 4) is 6.07 Å². The molecular formula is C25H26N6O3. The van der Waals surface area contributed by atoms with Crippen LogP contribution >= 0.6 is 0 Å². The second kappa shape index (κ2) is 10.7. The number of ether oxygens (including phenoxy) is 1. The minimum atomic E-state index is -0.443. The van der Waals surface area contributed by atoms with Crippen LogP contribution in [0.4, 0.5) is 11.4 Å². The van der Waals surface area contributed by atoms with E-state index in [4.69, 9.17) is 10.00 Å². The second-order valence-electron chi connectivity index (χ2n) is 7.92. The Morgan fingerprint density at radius 3 is 2.79 bits per heavy atom. The van der Waals surface area contributed by atoms with Gasteiger partial charge in [0.15, 0.2) is 0 Å². The zero-order valence-corrected chi connectivity index (χ0v) is 19.0. The predicted octanol–water partition coefficient (Wildman–Crippen LogP) is 2.79. The normalized spacial score (nSPS) is 12.8. The van der Waals surface area contributed by atoms with Gasteiger partial charge in [0.25, 0.3) is 11.8 Å². The van der Waals surface area contributed by atoms with Gasteiger partial charge in [-0.05, 0) is 48.9 Å². The third kappa shape index (κ3) is 5.14. The number of nitrogens with one attached hydrogen (secondary N) is 2. The molecule has 1 aromatic heterocycles. The summed E-state index contributed by atoms with van der Waals surface area (Å²) in [5, 5.41) is 19.4. The van der Waals surface area contributed by atoms with E-state index in [9.17, 15) is 9.59 Å². The van der Waals surface area contributed by atoms with Crippen LogP contribution < -0.4 is 15.5 Å². The molecule has 1 aliphatic heterocycles. The third-order valence-electron chi connectivity index (χ3n) is 5.60. The van der Waals surface area contributed by atoms with Crippen molar-refractivity contribution in [3.05, 3.63) is 77.1 Å². The molecule has 2 aromatic carbocycles. The lowest BCUT2D eigenvalue weighted by molar-refractivity contribution is 0.0947. The van der Waals surface area contributed by atoms with E-state index in [0.717, 1.165) is 37.4 Å². The molecule has 0 unspecified atom stereocenters. The number of nitrogens with zero attached hydrogens (tertiary/aromatic N) is 4. The molecule has 0 aliphatic carbocycles. The summed E-state index contributed by atoms with van der Waals surface area (Å²) in [5.74, 6) is -0.716. The van der Waals surface area contributed by atoms with Crippen LogP contribution in [0.15, 0.2) is 54.7 Å². The number of benzene rings is 2. The highest BCUT2D eigenvalue weighted by Crippen LogP contribution is 2.24. The first kappa shape index (κ1) is 23.2. The quantitative estimate of drug-likeness (QED) is 0.477. The topological polar surface area (TPSA) is 112 Å². The lowest BCUT2D eigenvalue weighted by Crippen LogP contribution is -2.41. The van der Waals surface area contributed by atoms with Gasteiger partial charge in [0.1, 0.15) is 5.69 Å². The molecule has 0 saturated heterocycles. The van der Waals surface area contributed by atoms with Gasteiger partial charge in [0.05, 0.1) is 29.9 Å². The molecule has 2 N–H and O–H groups in total. The Balaban J connectivity index is 1.45. The lowest BCUT2D eigenvalue weighted by Gasteiger charge is -2.28. The van der Waals surface area contributed by atoms with Crippen molar-refractivity contribution in [1.82, 2.24) is 15.1 Å². The zero-order chi connectivity index (χ0) is 23.9. The van der Waals surface area contributed by atoms with Crippen LogP contribution in [0.25, 0.3) is 0 Å². The van der Waals surface area contributed by atoms with Gasteiger partial charge in [0, 0.05) is 38.2 Å². The first-order valence-corrected chi connectivity index (χ1v) is 11.1. The Morgan fingerprint density at radius 2 is 2.03 bits per heavy atom. The van der Waals surface area contributed by atoms with E-state index < -0.39 is 5.91 Å². The van der Waals surface area contributed by atoms with Gasteiger partial charge < -0.3 is 20.3 Å². The largest absolute Gasteiger partial charge is 0.385 e. The van der Waals surface area contributed by atoms with Crippen molar-refractivity contribution in [2.75, 3.05) is 37.0 Å². The number of rotatable bonds is 9. The van der Waals surface area contributed by atoms with E-state index >= 15 is 0 Å². The number of carbonyl (C=O) groups excluding carboxylic acids is 2. The first-order valence-electron chi connectivity index (χ1n) is 11.1. The number of fused-ring (bicyclic) bond motifs is 1. The molecule has 9 nitrogen and oxygen atoms in total. The van der Waals surface area contributed by atoms with E-state index in [0.29, 0.717) is 24.3 Å². The van der Waals surface area contributed by atoms with Gasteiger partial charge in [-0.15, -0.1) is 0 Å². The lowest BCUT2D eigenvalue weighted by atomic mass is 10.1. The standard InChI is InChI=1S/C25H26N6O3/c1-34-13-3-10-27-16-18-6-8-21(9-7-18)30-11-12-31-23(25(30)33)22(17-28-31)24(32)29-20-5-2-4-19(14-20)15-26/h2,4-9,14,17,27H,3,10-13,16H2,1H3,(H,29,32). The molecular weight excluding hydrogens is 432 g/mol. The fourth-order valence-electron chi connectivity index (χ4n) is 3.85. The minimum Gasteiger partial charge on any atom is -0.385 e. The van der Waals surface area contributed by atoms with Crippen LogP contribution in [-0.4, -0.2) is 48.4 Å². The molecule has 0 atom stereocenters. The number of amides is 2. The van der Waals surface area contributed by atoms with E-state index in [1.165, 1.54) is 6.20 Å². The highest BCUT2D eigenvalue weighted by Gasteiger charge is 2.32. The molecule has 1 aliphatic rings. The van der Waals surface area contributed by atoms with Gasteiger partial charge >= 0.3 is 0 Å². The van der Waals surface area contributed by atoms with Gasteiger partial charge in [-0.2, -0.15) is 10.4 Å². The van der Waals surface area contributed by atoms with Crippen molar-refractivity contribution in [2.45, 2.75) is 19.5 Å². The molecule has 3 aromatic rings. The minimum absolute atomic E-state index is 0.203. The SMILES string of the molecule is COCCCNCc1ccc(N2CCn3ncc(C(=O)Nc4cccc(C#N)c4)c3C2=O)cc1. The highest BCUT2D eigenvalue weighted by atomic mass is 16.5. The van der Waals surface area contributed by atoms with Crippen LogP contribution in [-0.2, 0) is 17.8 Å². The number of anilines is 2. The monoisotopic (exact) mass is 458 g/mol. The average molecular weight is 459 g/mol. The summed E-state index contributed by atoms with van der Waals surface area (Å²) in [7, 11) is 1.69. The fourth-order valence-corrected chi connectivity index (χ4v) is 3.85. The van der Waals surface area contributed by atoms with E-state index in [1.807, 2.05) is 30.3 Å². The summed E-state index contributed by atoms with van der Waals surface area (Å²) in [6.45, 7) is 3.29. The van der Waals surface area contributed by atoms with Crippen molar-refractivity contribution in [3.63, 3.8) is 0 Å². The van der Waals surface area contributed by atoms with Crippen LogP contribution in [0.1, 0.15) is 38.4 Å². The number of carbonyl (C=O) groups is 2. The average Bonchev–Trinajstić information content (AvgIpc) is 3.30. The smallest absolute Gasteiger partial charge is 0.277 e. The van der Waals surface area contributed by atoms with Gasteiger partial charge in [-0.1, -0.05) is 18.2 Å². The van der Waals surface area contributed by atoms with Crippen LogP contribution in [0.2, 0.25) is 0 Å². The molecule has 0 bridgehead atoms. The molecule has 0 fully saturated rings. The Kier molecular flexibility index (Phi) is 7.32. The van der Waals surface area contributed by atoms with Crippen LogP contribution in [0.3, 0.4) is 0 Å². The molecule has 2 heterocycles. The Morgan fingerprint density at radius 1 is 1.21 bits per heavy atom. The number of hydrogen-bond donors (Lipinski definition) is 2. The Hall–Kier alpha value is -4.00. The second-order valence-corrected chi connectivity index (χ2v) is 7.92. The van der Waals surface area contributed by atoms with Crippen LogP contribution in [0.5, 0.6) is 0 Å². The van der Waals surface area contributed by atoms with Crippen molar-refractivity contribution in [2.24, 2.45) is 0 Å². The van der Waals surface area contributed by atoms with Crippen molar-refractivity contribution >= 4 is 23.2 Å². The maximum Gasteiger partial charge on any atom is 0.277 e. The van der Waals surface area contributed by atoms with Gasteiger partial charge in [-0.3, -0.25) is 14.3 Å². The molecule has 4 rings (SSSR count).